The third-order valence-electron chi connectivity index (χ3n) is 9.73. The smallest absolute Gasteiger partial charge is 0.351 e. The molecule has 2 aromatic carbocycles. The van der Waals surface area contributed by atoms with E-state index < -0.39 is 5.76 Å². The summed E-state index contributed by atoms with van der Waals surface area (Å²) in [7, 11) is 0. The minimum atomic E-state index is -0.707. The number of hydrogen-bond donors (Lipinski definition) is 1. The first-order valence-electron chi connectivity index (χ1n) is 16.0. The van der Waals surface area contributed by atoms with Crippen LogP contribution in [0.2, 0.25) is 0 Å². The summed E-state index contributed by atoms with van der Waals surface area (Å²) >= 11 is 1.54. The highest BCUT2D eigenvalue weighted by atomic mass is 32.1. The van der Waals surface area contributed by atoms with Gasteiger partial charge < -0.3 is 9.80 Å². The summed E-state index contributed by atoms with van der Waals surface area (Å²) in [5.41, 5.74) is 6.18. The molecule has 4 aromatic heterocycles. The van der Waals surface area contributed by atoms with Gasteiger partial charge in [0.25, 0.3) is 5.91 Å². The molecule has 1 amide bonds. The molecule has 1 fully saturated rings. The minimum absolute atomic E-state index is 0.0807. The molecular formula is C36H28F2N6O3S. The molecule has 1 atom stereocenters. The summed E-state index contributed by atoms with van der Waals surface area (Å²) in [4.78, 5) is 44.1. The Kier molecular flexibility index (Phi) is 6.75. The van der Waals surface area contributed by atoms with Gasteiger partial charge in [-0.25, -0.2) is 18.6 Å². The summed E-state index contributed by atoms with van der Waals surface area (Å²) in [6.07, 6.45) is 5.24. The highest BCUT2D eigenvalue weighted by Crippen LogP contribution is 2.50. The molecule has 1 N–H and O–H groups in total. The number of aromatic amines is 1. The summed E-state index contributed by atoms with van der Waals surface area (Å²) < 4.78 is 33.6. The number of halogens is 2. The molecule has 7 heterocycles. The molecule has 1 saturated heterocycles. The normalized spacial score (nSPS) is 16.9. The van der Waals surface area contributed by atoms with Crippen LogP contribution < -0.4 is 10.7 Å². The Bertz CT molecular complexity index is 2310. The van der Waals surface area contributed by atoms with E-state index in [-0.39, 0.29) is 29.4 Å². The number of amides is 1. The van der Waals surface area contributed by atoms with E-state index in [1.165, 1.54) is 29.5 Å². The van der Waals surface area contributed by atoms with Crippen LogP contribution in [0.15, 0.2) is 70.1 Å². The number of anilines is 1. The van der Waals surface area contributed by atoms with Crippen molar-refractivity contribution >= 4 is 33.1 Å². The second kappa shape index (κ2) is 11.2. The van der Waals surface area contributed by atoms with Crippen LogP contribution in [-0.2, 0) is 25.8 Å². The van der Waals surface area contributed by atoms with Crippen molar-refractivity contribution in [3.8, 4) is 21.8 Å². The molecule has 48 heavy (non-hydrogen) atoms. The van der Waals surface area contributed by atoms with Gasteiger partial charge in [-0.2, -0.15) is 0 Å². The van der Waals surface area contributed by atoms with Gasteiger partial charge in [0.15, 0.2) is 5.82 Å². The number of thiophene rings is 1. The lowest BCUT2D eigenvalue weighted by atomic mass is 9.92. The molecule has 0 saturated carbocycles. The zero-order valence-corrected chi connectivity index (χ0v) is 26.4. The van der Waals surface area contributed by atoms with E-state index in [4.69, 9.17) is 14.5 Å². The number of aromatic nitrogens is 4. The number of pyridine rings is 2. The molecule has 6 aromatic rings. The van der Waals surface area contributed by atoms with Crippen LogP contribution in [0.4, 0.5) is 14.6 Å². The van der Waals surface area contributed by atoms with Crippen molar-refractivity contribution in [2.24, 2.45) is 0 Å². The topological polar surface area (TPSA) is 108 Å². The number of nitrogens with zero attached hydrogens (tertiary/aromatic N) is 5. The number of nitrogens with one attached hydrogen (secondary N) is 1. The molecule has 0 radical (unpaired) electrons. The van der Waals surface area contributed by atoms with Crippen LogP contribution >= 0.6 is 11.3 Å². The van der Waals surface area contributed by atoms with Crippen LogP contribution in [0.1, 0.15) is 57.3 Å². The third-order valence-corrected chi connectivity index (χ3v) is 10.9. The quantitative estimate of drug-likeness (QED) is 0.214. The molecule has 3 aliphatic heterocycles. The zero-order valence-electron chi connectivity index (χ0n) is 25.6. The first-order chi connectivity index (χ1) is 23.4. The van der Waals surface area contributed by atoms with Crippen LogP contribution in [-0.4, -0.2) is 44.0 Å². The Morgan fingerprint density at radius 3 is 2.62 bits per heavy atom. The van der Waals surface area contributed by atoms with Crippen molar-refractivity contribution < 1.29 is 18.1 Å². The number of aryl methyl sites for hydroxylation is 2. The predicted molar refractivity (Wildman–Crippen MR) is 177 cm³/mol. The van der Waals surface area contributed by atoms with E-state index in [1.807, 2.05) is 17.0 Å². The fourth-order valence-corrected chi connectivity index (χ4v) is 8.71. The Hall–Kier alpha value is -5.23. The highest BCUT2D eigenvalue weighted by Gasteiger charge is 2.44. The van der Waals surface area contributed by atoms with Gasteiger partial charge in [-0.3, -0.25) is 19.3 Å². The van der Waals surface area contributed by atoms with Gasteiger partial charge in [0, 0.05) is 36.3 Å². The minimum Gasteiger partial charge on any atom is -0.351 e. The molecule has 3 aliphatic rings. The van der Waals surface area contributed by atoms with Crippen molar-refractivity contribution in [1.29, 1.82) is 0 Å². The van der Waals surface area contributed by atoms with Crippen LogP contribution in [0.25, 0.3) is 31.9 Å². The number of carbonyl (C=O) groups excluding carboxylic acids is 1. The Morgan fingerprint density at radius 1 is 0.938 bits per heavy atom. The van der Waals surface area contributed by atoms with Gasteiger partial charge in [0.2, 0.25) is 0 Å². The largest absolute Gasteiger partial charge is 0.439 e. The van der Waals surface area contributed by atoms with Crippen molar-refractivity contribution in [3.63, 3.8) is 0 Å². The van der Waals surface area contributed by atoms with Crippen molar-refractivity contribution in [2.75, 3.05) is 18.0 Å². The van der Waals surface area contributed by atoms with Gasteiger partial charge in [0.05, 0.1) is 33.3 Å². The lowest BCUT2D eigenvalue weighted by Gasteiger charge is -2.30. The monoisotopic (exact) mass is 662 g/mol. The Labute approximate surface area is 276 Å². The molecule has 12 heteroatoms. The number of H-pyrrole nitrogens is 1. The van der Waals surface area contributed by atoms with E-state index in [2.05, 4.69) is 21.1 Å². The zero-order chi connectivity index (χ0) is 32.5. The fourth-order valence-electron chi connectivity index (χ4n) is 7.48. The average molecular weight is 663 g/mol. The summed E-state index contributed by atoms with van der Waals surface area (Å²) in [6.45, 7) is 1.95. The summed E-state index contributed by atoms with van der Waals surface area (Å²) in [5.74, 6) is -0.298. The maximum Gasteiger partial charge on any atom is 0.439 e. The maximum absolute atomic E-state index is 14.1. The molecule has 0 bridgehead atoms. The molecule has 9 nitrogen and oxygen atoms in total. The van der Waals surface area contributed by atoms with E-state index >= 15 is 0 Å². The predicted octanol–water partition coefficient (Wildman–Crippen LogP) is 6.62. The third kappa shape index (κ3) is 4.73. The van der Waals surface area contributed by atoms with E-state index in [9.17, 15) is 18.4 Å². The number of rotatable bonds is 6. The first-order valence-corrected chi connectivity index (χ1v) is 16.8. The lowest BCUT2D eigenvalue weighted by molar-refractivity contribution is 0.0776. The lowest BCUT2D eigenvalue weighted by Crippen LogP contribution is -2.31. The summed E-state index contributed by atoms with van der Waals surface area (Å²) in [5, 5.41) is 5.06. The highest BCUT2D eigenvalue weighted by molar-refractivity contribution is 7.23. The molecule has 1 unspecified atom stereocenters. The molecule has 0 aliphatic carbocycles. The van der Waals surface area contributed by atoms with E-state index in [0.29, 0.717) is 61.3 Å². The maximum atomic E-state index is 14.1. The van der Waals surface area contributed by atoms with Crippen LogP contribution in [0, 0.1) is 11.6 Å². The molecular weight excluding hydrogens is 634 g/mol. The van der Waals surface area contributed by atoms with Crippen molar-refractivity contribution in [1.82, 2.24) is 25.0 Å². The summed E-state index contributed by atoms with van der Waals surface area (Å²) in [6, 6.07) is 15.2. The fraction of sp³-hybridized carbons (Fsp3) is 0.250. The van der Waals surface area contributed by atoms with Crippen LogP contribution in [0.5, 0.6) is 0 Å². The van der Waals surface area contributed by atoms with Crippen molar-refractivity contribution in [2.45, 2.75) is 44.7 Å². The number of carbonyl (C=O) groups is 1. The molecule has 9 rings (SSSR count). The SMILES string of the molecule is O=C1c2c(nc(CCc3ccc(F)cc3)c(-c3noc(=O)[nH]3)c2-c2cc3ccnc(N4CCc5cc(F)ccc5C4)c3s2)C2CCCN12. The van der Waals surface area contributed by atoms with Gasteiger partial charge in [0.1, 0.15) is 17.5 Å². The van der Waals surface area contributed by atoms with E-state index in [0.717, 1.165) is 56.0 Å². The second-order valence-electron chi connectivity index (χ2n) is 12.5. The van der Waals surface area contributed by atoms with Gasteiger partial charge >= 0.3 is 5.76 Å². The van der Waals surface area contributed by atoms with Crippen molar-refractivity contribution in [3.05, 3.63) is 117 Å². The van der Waals surface area contributed by atoms with Gasteiger partial charge in [-0.05, 0) is 90.6 Å². The Morgan fingerprint density at radius 2 is 1.79 bits per heavy atom. The van der Waals surface area contributed by atoms with Gasteiger partial charge in [-0.15, -0.1) is 11.3 Å². The molecule has 240 valence electrons. The second-order valence-corrected chi connectivity index (χ2v) is 13.6. The van der Waals surface area contributed by atoms with Crippen LogP contribution in [0.3, 0.4) is 0 Å². The average Bonchev–Trinajstić information content (AvgIpc) is 3.89. The van der Waals surface area contributed by atoms with E-state index in [1.54, 1.807) is 24.4 Å². The number of benzene rings is 2. The number of fused-ring (bicyclic) bond motifs is 5. The molecule has 0 spiro atoms. The van der Waals surface area contributed by atoms with Gasteiger partial charge in [-0.1, -0.05) is 23.4 Å². The first kappa shape index (κ1) is 29.0. The number of hydrogen-bond acceptors (Lipinski definition) is 8. The standard InChI is InChI=1S/C36H28F2N6O3S/c37-23-7-3-19(4-8-23)5-10-25-28(33-41-36(46)47-42-33)29(30-31(40-25)26-2-1-14-44(26)35(30)45)27-17-21-11-13-39-34(32(21)48-27)43-15-12-20-16-24(38)9-6-22(20)18-43/h3-4,6-9,11,13,16-17,26H,1-2,5,10,12,14-15,18H2,(H,41,42,46). The Balaban J connectivity index is 1.22.